The van der Waals surface area contributed by atoms with Crippen LogP contribution < -0.4 is 4.74 Å². The van der Waals surface area contributed by atoms with Crippen molar-refractivity contribution >= 4 is 49.7 Å². The van der Waals surface area contributed by atoms with Crippen molar-refractivity contribution in [1.29, 1.82) is 0 Å². The molecule has 1 atom stereocenters. The summed E-state index contributed by atoms with van der Waals surface area (Å²) in [6.07, 6.45) is 6.40. The molecule has 1 saturated carbocycles. The first-order chi connectivity index (χ1) is 19.7. The number of halogens is 3. The molecule has 1 unspecified atom stereocenters. The van der Waals surface area contributed by atoms with Crippen LogP contribution in [-0.2, 0) is 17.3 Å². The van der Waals surface area contributed by atoms with Gasteiger partial charge in [-0.15, -0.1) is 11.3 Å². The maximum atomic E-state index is 14.7. The standard InChI is InChI=1S/C32H32ClF2NO3S2/c1-4-19-9-12-22(13-10-19)36(32(37)31-29(33)28-24(34)14-15-25(35)30(28)40-31)18-21-17-20(11-16-26(21)39-2)23-7-5-6-8-27(23)41(3)38/h5-8,11,14-17,19,22H,4,9-10,12-13,18H2,1-3H3. The third-order valence-corrected chi connectivity index (χ3v) is 10.8. The van der Waals surface area contributed by atoms with Gasteiger partial charge in [0.2, 0.25) is 0 Å². The van der Waals surface area contributed by atoms with Gasteiger partial charge in [0.05, 0.1) is 33.0 Å². The molecular weight excluding hydrogens is 584 g/mol. The van der Waals surface area contributed by atoms with Crippen LogP contribution in [0.1, 0.15) is 54.3 Å². The molecular formula is C32H32ClF2NO3S2. The van der Waals surface area contributed by atoms with Crippen LogP contribution in [0.2, 0.25) is 5.02 Å². The molecule has 0 bridgehead atoms. The molecule has 0 aliphatic heterocycles. The molecule has 0 radical (unpaired) electrons. The van der Waals surface area contributed by atoms with E-state index in [4.69, 9.17) is 16.3 Å². The third kappa shape index (κ3) is 5.92. The lowest BCUT2D eigenvalue weighted by Crippen LogP contribution is -2.41. The molecule has 1 fully saturated rings. The highest BCUT2D eigenvalue weighted by Crippen LogP contribution is 2.41. The number of amides is 1. The lowest BCUT2D eigenvalue weighted by atomic mass is 9.83. The number of methoxy groups -OCH3 is 1. The van der Waals surface area contributed by atoms with E-state index < -0.39 is 22.4 Å². The zero-order valence-electron chi connectivity index (χ0n) is 23.2. The fraction of sp³-hybridized carbons (Fsp3) is 0.344. The van der Waals surface area contributed by atoms with E-state index in [1.165, 1.54) is 0 Å². The van der Waals surface area contributed by atoms with E-state index in [1.54, 1.807) is 18.3 Å². The summed E-state index contributed by atoms with van der Waals surface area (Å²) in [4.78, 5) is 16.9. The number of rotatable bonds is 8. The number of carbonyl (C=O) groups excluding carboxylic acids is 1. The minimum atomic E-state index is -1.19. The van der Waals surface area contributed by atoms with Crippen molar-refractivity contribution in [1.82, 2.24) is 4.90 Å². The second-order valence-corrected chi connectivity index (χ2v) is 13.2. The van der Waals surface area contributed by atoms with Gasteiger partial charge >= 0.3 is 0 Å². The van der Waals surface area contributed by atoms with Crippen molar-refractivity contribution in [3.63, 3.8) is 0 Å². The number of carbonyl (C=O) groups is 1. The van der Waals surface area contributed by atoms with Crippen LogP contribution in [0.5, 0.6) is 5.75 Å². The van der Waals surface area contributed by atoms with Gasteiger partial charge in [-0.2, -0.15) is 0 Å². The first-order valence-corrected chi connectivity index (χ1v) is 16.4. The first kappa shape index (κ1) is 29.7. The van der Waals surface area contributed by atoms with Crippen molar-refractivity contribution in [2.75, 3.05) is 13.4 Å². The summed E-state index contributed by atoms with van der Waals surface area (Å²) in [5.74, 6) is -0.383. The average molecular weight is 616 g/mol. The highest BCUT2D eigenvalue weighted by Gasteiger charge is 2.33. The first-order valence-electron chi connectivity index (χ1n) is 13.7. The Morgan fingerprint density at radius 3 is 2.44 bits per heavy atom. The Kier molecular flexibility index (Phi) is 9.12. The molecule has 1 aliphatic rings. The molecule has 0 spiro atoms. The molecule has 9 heteroatoms. The topological polar surface area (TPSA) is 46.6 Å². The Bertz CT molecular complexity index is 1610. The number of thiophene rings is 1. The quantitative estimate of drug-likeness (QED) is 0.199. The van der Waals surface area contributed by atoms with Crippen LogP contribution >= 0.6 is 22.9 Å². The van der Waals surface area contributed by atoms with Gasteiger partial charge < -0.3 is 9.64 Å². The Morgan fingerprint density at radius 1 is 1.07 bits per heavy atom. The Morgan fingerprint density at radius 2 is 1.78 bits per heavy atom. The third-order valence-electron chi connectivity index (χ3n) is 8.10. The van der Waals surface area contributed by atoms with Crippen molar-refractivity contribution in [2.24, 2.45) is 5.92 Å². The molecule has 0 saturated heterocycles. The van der Waals surface area contributed by atoms with Gasteiger partial charge in [0.15, 0.2) is 0 Å². The maximum Gasteiger partial charge on any atom is 0.266 e. The zero-order chi connectivity index (χ0) is 29.3. The Labute approximate surface area is 250 Å². The predicted octanol–water partition coefficient (Wildman–Crippen LogP) is 8.86. The van der Waals surface area contributed by atoms with E-state index in [-0.39, 0.29) is 38.5 Å². The van der Waals surface area contributed by atoms with E-state index in [2.05, 4.69) is 6.92 Å². The van der Waals surface area contributed by atoms with Gasteiger partial charge in [-0.1, -0.05) is 49.2 Å². The number of fused-ring (bicyclic) bond motifs is 1. The summed E-state index contributed by atoms with van der Waals surface area (Å²) >= 11 is 7.47. The minimum Gasteiger partial charge on any atom is -0.496 e. The van der Waals surface area contributed by atoms with Gasteiger partial charge in [-0.25, -0.2) is 8.78 Å². The molecule has 4 aromatic rings. The van der Waals surface area contributed by atoms with E-state index in [0.717, 1.165) is 77.2 Å². The number of hydrogen-bond donors (Lipinski definition) is 0. The fourth-order valence-electron chi connectivity index (χ4n) is 5.81. The second kappa shape index (κ2) is 12.6. The molecule has 1 aromatic heterocycles. The molecule has 4 nitrogen and oxygen atoms in total. The lowest BCUT2D eigenvalue weighted by Gasteiger charge is -2.37. The smallest absolute Gasteiger partial charge is 0.266 e. The van der Waals surface area contributed by atoms with E-state index in [0.29, 0.717) is 11.7 Å². The fourth-order valence-corrected chi connectivity index (χ4v) is 8.08. The largest absolute Gasteiger partial charge is 0.496 e. The Balaban J connectivity index is 1.58. The van der Waals surface area contributed by atoms with Gasteiger partial charge in [-0.3, -0.25) is 9.00 Å². The molecule has 1 aliphatic carbocycles. The van der Waals surface area contributed by atoms with Crippen LogP contribution in [0.25, 0.3) is 21.2 Å². The normalized spacial score (nSPS) is 17.9. The van der Waals surface area contributed by atoms with Crippen LogP contribution in [0.15, 0.2) is 59.5 Å². The highest BCUT2D eigenvalue weighted by molar-refractivity contribution is 7.84. The van der Waals surface area contributed by atoms with Crippen molar-refractivity contribution in [2.45, 2.75) is 56.5 Å². The number of benzene rings is 3. The predicted molar refractivity (Wildman–Crippen MR) is 163 cm³/mol. The van der Waals surface area contributed by atoms with Gasteiger partial charge in [0.25, 0.3) is 5.91 Å². The molecule has 0 N–H and O–H groups in total. The van der Waals surface area contributed by atoms with E-state index in [9.17, 15) is 17.8 Å². The molecule has 41 heavy (non-hydrogen) atoms. The average Bonchev–Trinajstić information content (AvgIpc) is 3.35. The number of nitrogens with zero attached hydrogens (tertiary/aromatic N) is 1. The molecule has 1 amide bonds. The van der Waals surface area contributed by atoms with Crippen molar-refractivity contribution in [3.05, 3.63) is 81.7 Å². The summed E-state index contributed by atoms with van der Waals surface area (Å²) in [5, 5.41) is -0.113. The Hall–Kier alpha value is -2.81. The molecule has 1 heterocycles. The summed E-state index contributed by atoms with van der Waals surface area (Å²) < 4.78 is 47.5. The maximum absolute atomic E-state index is 14.7. The SMILES string of the molecule is CCC1CCC(N(Cc2cc(-c3ccccc3S(C)=O)ccc2OC)C(=O)c2sc3c(F)ccc(F)c3c2Cl)CC1. The van der Waals surface area contributed by atoms with Crippen LogP contribution in [0.4, 0.5) is 8.78 Å². The number of ether oxygens (including phenoxy) is 1. The van der Waals surface area contributed by atoms with Crippen molar-refractivity contribution in [3.8, 4) is 16.9 Å². The second-order valence-electron chi connectivity index (χ2n) is 10.5. The monoisotopic (exact) mass is 615 g/mol. The van der Waals surface area contributed by atoms with Crippen molar-refractivity contribution < 1.29 is 22.5 Å². The summed E-state index contributed by atoms with van der Waals surface area (Å²) in [5.41, 5.74) is 2.48. The van der Waals surface area contributed by atoms with Crippen LogP contribution in [0.3, 0.4) is 0 Å². The highest BCUT2D eigenvalue weighted by atomic mass is 35.5. The van der Waals surface area contributed by atoms with E-state index in [1.807, 2.05) is 42.5 Å². The van der Waals surface area contributed by atoms with Crippen LogP contribution in [0, 0.1) is 17.6 Å². The van der Waals surface area contributed by atoms with Gasteiger partial charge in [0, 0.05) is 29.3 Å². The lowest BCUT2D eigenvalue weighted by molar-refractivity contribution is 0.0591. The van der Waals surface area contributed by atoms with Crippen LogP contribution in [-0.4, -0.2) is 34.4 Å². The molecule has 216 valence electrons. The minimum absolute atomic E-state index is 0.0387. The number of hydrogen-bond acceptors (Lipinski definition) is 4. The van der Waals surface area contributed by atoms with E-state index >= 15 is 0 Å². The van der Waals surface area contributed by atoms with Gasteiger partial charge in [-0.05, 0) is 73.1 Å². The molecule has 3 aromatic carbocycles. The summed E-state index contributed by atoms with van der Waals surface area (Å²) in [7, 11) is 0.393. The molecule has 5 rings (SSSR count). The summed E-state index contributed by atoms with van der Waals surface area (Å²) in [6.45, 7) is 2.41. The van der Waals surface area contributed by atoms with Gasteiger partial charge in [0.1, 0.15) is 22.3 Å². The summed E-state index contributed by atoms with van der Waals surface area (Å²) in [6, 6.07) is 15.3. The zero-order valence-corrected chi connectivity index (χ0v) is 25.6.